The van der Waals surface area contributed by atoms with E-state index in [-0.39, 0.29) is 17.5 Å². The molecular formula is C22H29N3OS. The number of amides is 1. The molecule has 1 atom stereocenters. The molecule has 3 rings (SSSR count). The maximum atomic E-state index is 13.2. The molecule has 144 valence electrons. The van der Waals surface area contributed by atoms with E-state index in [1.807, 2.05) is 36.6 Å². The summed E-state index contributed by atoms with van der Waals surface area (Å²) in [7, 11) is 0. The number of likely N-dealkylation sites (tertiary alicyclic amines) is 1. The maximum absolute atomic E-state index is 13.2. The second-order valence-corrected chi connectivity index (χ2v) is 8.37. The number of benzene rings is 1. The summed E-state index contributed by atoms with van der Waals surface area (Å²) in [6.07, 6.45) is 7.42. The summed E-state index contributed by atoms with van der Waals surface area (Å²) in [6, 6.07) is 13.9. The molecule has 0 bridgehead atoms. The van der Waals surface area contributed by atoms with Crippen molar-refractivity contribution in [3.63, 3.8) is 0 Å². The first-order valence-corrected chi connectivity index (χ1v) is 10.9. The van der Waals surface area contributed by atoms with Gasteiger partial charge < -0.3 is 5.32 Å². The lowest BCUT2D eigenvalue weighted by Crippen LogP contribution is -2.55. The standard InChI is InChI=1S/C22H29N3OS/c1-22(2,25-15-8-5-9-16-25)19(17-11-6-4-7-12-17)24-20(26)18-13-10-14-23-21(18)27-3/h4,6-7,10-14,19H,5,8-9,15-16H2,1-3H3,(H,24,26). The van der Waals surface area contributed by atoms with Gasteiger partial charge in [0.25, 0.3) is 5.91 Å². The molecule has 0 aliphatic carbocycles. The molecule has 1 saturated heterocycles. The molecule has 27 heavy (non-hydrogen) atoms. The number of rotatable bonds is 6. The van der Waals surface area contributed by atoms with E-state index < -0.39 is 0 Å². The van der Waals surface area contributed by atoms with Crippen LogP contribution < -0.4 is 5.32 Å². The minimum atomic E-state index is -0.181. The molecule has 1 N–H and O–H groups in total. The lowest BCUT2D eigenvalue weighted by Gasteiger charge is -2.46. The monoisotopic (exact) mass is 383 g/mol. The Morgan fingerprint density at radius 1 is 1.11 bits per heavy atom. The van der Waals surface area contributed by atoms with Crippen molar-refractivity contribution >= 4 is 17.7 Å². The fraction of sp³-hybridized carbons (Fsp3) is 0.455. The first-order valence-electron chi connectivity index (χ1n) is 9.64. The zero-order valence-corrected chi connectivity index (χ0v) is 17.3. The van der Waals surface area contributed by atoms with E-state index in [1.165, 1.54) is 31.0 Å². The molecule has 4 nitrogen and oxygen atoms in total. The fourth-order valence-electron chi connectivity index (χ4n) is 3.90. The van der Waals surface area contributed by atoms with E-state index in [1.54, 1.807) is 6.20 Å². The number of aromatic nitrogens is 1. The molecule has 1 aromatic heterocycles. The lowest BCUT2D eigenvalue weighted by molar-refractivity contribution is 0.0545. The van der Waals surface area contributed by atoms with Crippen molar-refractivity contribution in [2.75, 3.05) is 19.3 Å². The second kappa shape index (κ2) is 8.89. The highest BCUT2D eigenvalue weighted by atomic mass is 32.2. The van der Waals surface area contributed by atoms with Gasteiger partial charge in [0.15, 0.2) is 0 Å². The molecule has 1 fully saturated rings. The van der Waals surface area contributed by atoms with Crippen molar-refractivity contribution in [1.29, 1.82) is 0 Å². The molecule has 5 heteroatoms. The van der Waals surface area contributed by atoms with E-state index >= 15 is 0 Å². The van der Waals surface area contributed by atoms with E-state index in [0.717, 1.165) is 23.7 Å². The molecule has 1 unspecified atom stereocenters. The highest BCUT2D eigenvalue weighted by molar-refractivity contribution is 7.98. The fourth-order valence-corrected chi connectivity index (χ4v) is 4.45. The summed E-state index contributed by atoms with van der Waals surface area (Å²) in [4.78, 5) is 20.0. The molecule has 0 saturated carbocycles. The molecule has 1 aliphatic heterocycles. The highest BCUT2D eigenvalue weighted by Gasteiger charge is 2.38. The van der Waals surface area contributed by atoms with Crippen LogP contribution in [0, 0.1) is 0 Å². The van der Waals surface area contributed by atoms with Gasteiger partial charge >= 0.3 is 0 Å². The highest BCUT2D eigenvalue weighted by Crippen LogP contribution is 2.33. The van der Waals surface area contributed by atoms with Gasteiger partial charge in [-0.3, -0.25) is 9.69 Å². The summed E-state index contributed by atoms with van der Waals surface area (Å²) in [5, 5.41) is 4.09. The molecule has 0 spiro atoms. The van der Waals surface area contributed by atoms with Crippen LogP contribution in [-0.2, 0) is 0 Å². The Labute approximate surface area is 166 Å². The van der Waals surface area contributed by atoms with Crippen LogP contribution in [0.15, 0.2) is 53.7 Å². The third-order valence-corrected chi connectivity index (χ3v) is 6.21. The molecule has 1 aromatic carbocycles. The largest absolute Gasteiger partial charge is 0.343 e. The van der Waals surface area contributed by atoms with Crippen molar-refractivity contribution < 1.29 is 4.79 Å². The summed E-state index contributed by atoms with van der Waals surface area (Å²) in [5.74, 6) is -0.0635. The topological polar surface area (TPSA) is 45.2 Å². The third kappa shape index (κ3) is 4.53. The van der Waals surface area contributed by atoms with Crippen molar-refractivity contribution in [2.24, 2.45) is 0 Å². The normalized spacial score (nSPS) is 16.7. The minimum Gasteiger partial charge on any atom is -0.343 e. The Bertz CT molecular complexity index is 757. The maximum Gasteiger partial charge on any atom is 0.254 e. The number of thioether (sulfide) groups is 1. The van der Waals surface area contributed by atoms with Crippen LogP contribution in [0.2, 0.25) is 0 Å². The number of hydrogen-bond donors (Lipinski definition) is 1. The zero-order chi connectivity index (χ0) is 19.3. The summed E-state index contributed by atoms with van der Waals surface area (Å²) in [5.41, 5.74) is 1.59. The molecule has 0 radical (unpaired) electrons. The average Bonchev–Trinajstić information content (AvgIpc) is 2.73. The van der Waals surface area contributed by atoms with Gasteiger partial charge in [-0.15, -0.1) is 11.8 Å². The van der Waals surface area contributed by atoms with Crippen molar-refractivity contribution in [3.8, 4) is 0 Å². The number of nitrogens with one attached hydrogen (secondary N) is 1. The van der Waals surface area contributed by atoms with Gasteiger partial charge in [0, 0.05) is 11.7 Å². The van der Waals surface area contributed by atoms with Gasteiger partial charge in [0.05, 0.1) is 11.6 Å². The predicted molar refractivity (Wildman–Crippen MR) is 112 cm³/mol. The van der Waals surface area contributed by atoms with Crippen LogP contribution in [0.4, 0.5) is 0 Å². The predicted octanol–water partition coefficient (Wildman–Crippen LogP) is 4.54. The molecular weight excluding hydrogens is 354 g/mol. The Morgan fingerprint density at radius 3 is 2.48 bits per heavy atom. The smallest absolute Gasteiger partial charge is 0.254 e. The average molecular weight is 384 g/mol. The van der Waals surface area contributed by atoms with E-state index in [9.17, 15) is 4.79 Å². The second-order valence-electron chi connectivity index (χ2n) is 7.58. The summed E-state index contributed by atoms with van der Waals surface area (Å²) >= 11 is 1.50. The van der Waals surface area contributed by atoms with Crippen LogP contribution in [0.1, 0.15) is 55.1 Å². The van der Waals surface area contributed by atoms with Crippen molar-refractivity contribution in [2.45, 2.75) is 49.7 Å². The van der Waals surface area contributed by atoms with Gasteiger partial charge in [-0.2, -0.15) is 0 Å². The number of nitrogens with zero attached hydrogens (tertiary/aromatic N) is 2. The van der Waals surface area contributed by atoms with Crippen LogP contribution in [-0.4, -0.2) is 40.7 Å². The van der Waals surface area contributed by atoms with E-state index in [4.69, 9.17) is 0 Å². The Hall–Kier alpha value is -1.85. The number of piperidine rings is 1. The SMILES string of the molecule is CSc1ncccc1C(=O)NC(c1ccccc1)C(C)(C)N1CCCCC1. The van der Waals surface area contributed by atoms with Crippen molar-refractivity contribution in [1.82, 2.24) is 15.2 Å². The summed E-state index contributed by atoms with van der Waals surface area (Å²) in [6.45, 7) is 6.65. The van der Waals surface area contributed by atoms with Gasteiger partial charge in [0.2, 0.25) is 0 Å². The van der Waals surface area contributed by atoms with Gasteiger partial charge in [-0.1, -0.05) is 36.8 Å². The van der Waals surface area contributed by atoms with Crippen LogP contribution >= 0.6 is 11.8 Å². The molecule has 2 aromatic rings. The number of hydrogen-bond acceptors (Lipinski definition) is 4. The quantitative estimate of drug-likeness (QED) is 0.744. The molecule has 1 amide bonds. The Balaban J connectivity index is 1.92. The minimum absolute atomic E-state index is 0.0635. The Kier molecular flexibility index (Phi) is 6.55. The van der Waals surface area contributed by atoms with Crippen LogP contribution in [0.25, 0.3) is 0 Å². The zero-order valence-electron chi connectivity index (χ0n) is 16.4. The lowest BCUT2D eigenvalue weighted by atomic mass is 9.85. The van der Waals surface area contributed by atoms with Crippen molar-refractivity contribution in [3.05, 3.63) is 59.8 Å². The molecule has 1 aliphatic rings. The number of pyridine rings is 1. The number of carbonyl (C=O) groups is 1. The van der Waals surface area contributed by atoms with Crippen LogP contribution in [0.3, 0.4) is 0 Å². The van der Waals surface area contributed by atoms with E-state index in [2.05, 4.69) is 41.2 Å². The Morgan fingerprint density at radius 2 is 1.81 bits per heavy atom. The third-order valence-electron chi connectivity index (χ3n) is 5.50. The first-order chi connectivity index (χ1) is 13.0. The number of carbonyl (C=O) groups excluding carboxylic acids is 1. The first kappa shape index (κ1) is 19.9. The van der Waals surface area contributed by atoms with Gasteiger partial charge in [0.1, 0.15) is 5.03 Å². The van der Waals surface area contributed by atoms with Gasteiger partial charge in [-0.25, -0.2) is 4.98 Å². The summed E-state index contributed by atoms with van der Waals surface area (Å²) < 4.78 is 0. The molecule has 2 heterocycles. The van der Waals surface area contributed by atoms with Crippen LogP contribution in [0.5, 0.6) is 0 Å². The van der Waals surface area contributed by atoms with E-state index in [0.29, 0.717) is 5.56 Å². The van der Waals surface area contributed by atoms with Gasteiger partial charge in [-0.05, 0) is 63.7 Å².